The van der Waals surface area contributed by atoms with E-state index in [1.807, 2.05) is 0 Å². The molecule has 0 bridgehead atoms. The highest BCUT2D eigenvalue weighted by molar-refractivity contribution is 8.19. The number of carbonyl (C=O) groups excluding carboxylic acids is 2. The number of imide groups is 1. The van der Waals surface area contributed by atoms with Gasteiger partial charge in [-0.15, -0.1) is 0 Å². The van der Waals surface area contributed by atoms with E-state index >= 15 is 0 Å². The highest BCUT2D eigenvalue weighted by Crippen LogP contribution is 2.37. The van der Waals surface area contributed by atoms with Crippen LogP contribution < -0.4 is 14.4 Å². The molecule has 10 heteroatoms. The Balaban J connectivity index is 1.61. The van der Waals surface area contributed by atoms with Crippen LogP contribution in [0.2, 0.25) is 5.28 Å². The van der Waals surface area contributed by atoms with Crippen molar-refractivity contribution in [3.05, 3.63) is 76.3 Å². The van der Waals surface area contributed by atoms with E-state index in [9.17, 15) is 14.0 Å². The molecule has 1 aromatic heterocycles. The summed E-state index contributed by atoms with van der Waals surface area (Å²) in [6.07, 6.45) is 2.47. The summed E-state index contributed by atoms with van der Waals surface area (Å²) < 4.78 is 24.6. The van der Waals surface area contributed by atoms with Crippen LogP contribution in [0.1, 0.15) is 5.56 Å². The number of benzene rings is 2. The zero-order valence-electron chi connectivity index (χ0n) is 15.9. The standard InChI is InChI=1S/C21H13ClFN3O4S/c1-29-16-9-12(7-8-15(16)30-18-14(23)11-24-20(22)25-18)10-17-19(27)26(21(28)31-17)13-5-3-2-4-6-13/h2-11H,1H3/b17-10+. The number of carbonyl (C=O) groups is 2. The third-order valence-corrected chi connectivity index (χ3v) is 5.23. The minimum atomic E-state index is -0.787. The van der Waals surface area contributed by atoms with Crippen molar-refractivity contribution in [3.63, 3.8) is 0 Å². The van der Waals surface area contributed by atoms with Crippen molar-refractivity contribution in [3.8, 4) is 17.4 Å². The Morgan fingerprint density at radius 1 is 1.13 bits per heavy atom. The van der Waals surface area contributed by atoms with E-state index in [-0.39, 0.29) is 32.8 Å². The van der Waals surface area contributed by atoms with Gasteiger partial charge in [0.15, 0.2) is 11.5 Å². The predicted molar refractivity (Wildman–Crippen MR) is 115 cm³/mol. The monoisotopic (exact) mass is 457 g/mol. The van der Waals surface area contributed by atoms with E-state index in [1.165, 1.54) is 13.2 Å². The predicted octanol–water partition coefficient (Wildman–Crippen LogP) is 5.31. The maximum atomic E-state index is 13.9. The van der Waals surface area contributed by atoms with Gasteiger partial charge in [-0.1, -0.05) is 24.3 Å². The number of halogens is 2. The third kappa shape index (κ3) is 4.37. The molecule has 0 spiro atoms. The van der Waals surface area contributed by atoms with Crippen molar-refractivity contribution in [1.82, 2.24) is 9.97 Å². The van der Waals surface area contributed by atoms with Crippen LogP contribution in [0.5, 0.6) is 17.4 Å². The molecule has 0 unspecified atom stereocenters. The molecule has 3 aromatic rings. The maximum absolute atomic E-state index is 13.9. The van der Waals surface area contributed by atoms with Gasteiger partial charge in [0, 0.05) is 0 Å². The molecule has 1 fully saturated rings. The first-order chi connectivity index (χ1) is 15.0. The van der Waals surface area contributed by atoms with Crippen molar-refractivity contribution in [2.75, 3.05) is 12.0 Å². The summed E-state index contributed by atoms with van der Waals surface area (Å²) in [7, 11) is 1.42. The summed E-state index contributed by atoms with van der Waals surface area (Å²) in [5.41, 5.74) is 1.09. The van der Waals surface area contributed by atoms with Gasteiger partial charge < -0.3 is 9.47 Å². The Bertz CT molecular complexity index is 1210. The fourth-order valence-electron chi connectivity index (χ4n) is 2.78. The average molecular weight is 458 g/mol. The van der Waals surface area contributed by atoms with E-state index in [0.717, 1.165) is 22.9 Å². The Labute approximate surface area is 185 Å². The first-order valence-corrected chi connectivity index (χ1v) is 10.0. The van der Waals surface area contributed by atoms with Crippen LogP contribution in [0.15, 0.2) is 59.6 Å². The van der Waals surface area contributed by atoms with E-state index < -0.39 is 11.7 Å². The second-order valence-corrected chi connectivity index (χ2v) is 7.49. The molecule has 0 aliphatic carbocycles. The number of ether oxygens (including phenoxy) is 2. The number of methoxy groups -OCH3 is 1. The summed E-state index contributed by atoms with van der Waals surface area (Å²) in [6, 6.07) is 13.4. The van der Waals surface area contributed by atoms with Crippen molar-refractivity contribution in [1.29, 1.82) is 0 Å². The topological polar surface area (TPSA) is 81.6 Å². The van der Waals surface area contributed by atoms with Gasteiger partial charge in [-0.2, -0.15) is 9.37 Å². The molecule has 7 nitrogen and oxygen atoms in total. The highest BCUT2D eigenvalue weighted by atomic mass is 35.5. The molecule has 31 heavy (non-hydrogen) atoms. The minimum absolute atomic E-state index is 0.166. The number of hydrogen-bond donors (Lipinski definition) is 0. The fourth-order valence-corrected chi connectivity index (χ4v) is 3.75. The fraction of sp³-hybridized carbons (Fsp3) is 0.0476. The maximum Gasteiger partial charge on any atom is 0.298 e. The van der Waals surface area contributed by atoms with Gasteiger partial charge in [0.05, 0.1) is 23.9 Å². The molecule has 0 atom stereocenters. The first-order valence-electron chi connectivity index (χ1n) is 8.83. The van der Waals surface area contributed by atoms with Crippen LogP contribution in [0, 0.1) is 5.82 Å². The molecule has 0 radical (unpaired) electrons. The van der Waals surface area contributed by atoms with Crippen LogP contribution in [-0.4, -0.2) is 28.2 Å². The number of amides is 2. The molecule has 4 rings (SSSR count). The largest absolute Gasteiger partial charge is 0.493 e. The molecule has 156 valence electrons. The van der Waals surface area contributed by atoms with Crippen LogP contribution in [0.3, 0.4) is 0 Å². The van der Waals surface area contributed by atoms with Gasteiger partial charge in [0.2, 0.25) is 11.1 Å². The lowest BCUT2D eigenvalue weighted by Gasteiger charge is -2.12. The summed E-state index contributed by atoms with van der Waals surface area (Å²) >= 11 is 6.53. The van der Waals surface area contributed by atoms with Crippen molar-refractivity contribution >= 4 is 46.3 Å². The first kappa shape index (κ1) is 20.8. The molecule has 0 N–H and O–H groups in total. The van der Waals surface area contributed by atoms with Gasteiger partial charge in [-0.05, 0) is 59.3 Å². The number of aromatic nitrogens is 2. The normalized spacial score (nSPS) is 14.9. The summed E-state index contributed by atoms with van der Waals surface area (Å²) in [4.78, 5) is 33.7. The highest BCUT2D eigenvalue weighted by Gasteiger charge is 2.36. The van der Waals surface area contributed by atoms with E-state index in [1.54, 1.807) is 48.5 Å². The molecule has 1 aliphatic heterocycles. The number of rotatable bonds is 5. The van der Waals surface area contributed by atoms with Crippen LogP contribution in [0.25, 0.3) is 6.08 Å². The molecule has 1 aliphatic rings. The second kappa shape index (κ2) is 8.75. The smallest absolute Gasteiger partial charge is 0.298 e. The summed E-state index contributed by atoms with van der Waals surface area (Å²) in [6.45, 7) is 0. The van der Waals surface area contributed by atoms with Gasteiger partial charge in [-0.3, -0.25) is 9.59 Å². The number of anilines is 1. The van der Waals surface area contributed by atoms with Crippen LogP contribution in [0.4, 0.5) is 14.9 Å². The van der Waals surface area contributed by atoms with Crippen LogP contribution >= 0.6 is 23.4 Å². The molecule has 2 heterocycles. The second-order valence-electron chi connectivity index (χ2n) is 6.16. The molecular formula is C21H13ClFN3O4S. The summed E-state index contributed by atoms with van der Waals surface area (Å²) in [5.74, 6) is -1.10. The van der Waals surface area contributed by atoms with E-state index in [4.69, 9.17) is 21.1 Å². The lowest BCUT2D eigenvalue weighted by molar-refractivity contribution is -0.113. The number of nitrogens with zero attached hydrogens (tertiary/aromatic N) is 3. The van der Waals surface area contributed by atoms with Crippen molar-refractivity contribution in [2.45, 2.75) is 0 Å². The lowest BCUT2D eigenvalue weighted by atomic mass is 10.2. The number of para-hydroxylation sites is 1. The Kier molecular flexibility index (Phi) is 5.88. The van der Waals surface area contributed by atoms with Gasteiger partial charge >= 0.3 is 0 Å². The van der Waals surface area contributed by atoms with Crippen LogP contribution in [-0.2, 0) is 4.79 Å². The zero-order chi connectivity index (χ0) is 22.0. The third-order valence-electron chi connectivity index (χ3n) is 4.18. The lowest BCUT2D eigenvalue weighted by Crippen LogP contribution is -2.27. The van der Waals surface area contributed by atoms with Crippen molar-refractivity contribution < 1.29 is 23.5 Å². The Hall–Kier alpha value is -3.43. The molecule has 2 amide bonds. The van der Waals surface area contributed by atoms with E-state index in [0.29, 0.717) is 11.3 Å². The molecule has 0 saturated carbocycles. The number of hydrogen-bond acceptors (Lipinski definition) is 7. The summed E-state index contributed by atoms with van der Waals surface area (Å²) in [5, 5.41) is -0.549. The molecular weight excluding hydrogens is 445 g/mol. The van der Waals surface area contributed by atoms with E-state index in [2.05, 4.69) is 9.97 Å². The number of thioether (sulfide) groups is 1. The van der Waals surface area contributed by atoms with Crippen molar-refractivity contribution in [2.24, 2.45) is 0 Å². The molecule has 1 saturated heterocycles. The molecule has 2 aromatic carbocycles. The van der Waals surface area contributed by atoms with Gasteiger partial charge in [0.25, 0.3) is 17.0 Å². The SMILES string of the molecule is COc1cc(/C=C2/SC(=O)N(c3ccccc3)C2=O)ccc1Oc1nc(Cl)ncc1F. The Morgan fingerprint density at radius 3 is 2.65 bits per heavy atom. The minimum Gasteiger partial charge on any atom is -0.493 e. The quantitative estimate of drug-likeness (QED) is 0.379. The van der Waals surface area contributed by atoms with Gasteiger partial charge in [-0.25, -0.2) is 9.88 Å². The average Bonchev–Trinajstić information content (AvgIpc) is 3.05. The van der Waals surface area contributed by atoms with Gasteiger partial charge in [0.1, 0.15) is 0 Å². The zero-order valence-corrected chi connectivity index (χ0v) is 17.5. The Morgan fingerprint density at radius 2 is 1.90 bits per heavy atom.